The summed E-state index contributed by atoms with van der Waals surface area (Å²) in [6.45, 7) is 0. The van der Waals surface area contributed by atoms with Gasteiger partial charge in [-0.05, 0) is 24.3 Å². The molecule has 0 heterocycles. The Morgan fingerprint density at radius 3 is 2.33 bits per heavy atom. The van der Waals surface area contributed by atoms with Crippen LogP contribution >= 0.6 is 11.6 Å². The Hall–Kier alpha value is -1.39. The summed E-state index contributed by atoms with van der Waals surface area (Å²) in [6.07, 6.45) is 0. The fourth-order valence-electron chi connectivity index (χ4n) is 1.03. The van der Waals surface area contributed by atoms with Gasteiger partial charge in [0.2, 0.25) is 0 Å². The zero-order chi connectivity index (χ0) is 11.4. The fourth-order valence-corrected chi connectivity index (χ4v) is 1.15. The Balaban J connectivity index is 2.85. The van der Waals surface area contributed by atoms with Crippen molar-refractivity contribution in [3.8, 4) is 0 Å². The van der Waals surface area contributed by atoms with Gasteiger partial charge in [0.05, 0.1) is 7.11 Å². The number of ketones is 1. The average molecular weight is 228 g/mol. The second kappa shape index (κ2) is 4.91. The van der Waals surface area contributed by atoms with Gasteiger partial charge in [0.25, 0.3) is 0 Å². The van der Waals surface area contributed by atoms with Gasteiger partial charge in [-0.1, -0.05) is 11.6 Å². The van der Waals surface area contributed by atoms with Gasteiger partial charge in [-0.25, -0.2) is 4.79 Å². The molecule has 0 aliphatic carbocycles. The van der Waals surface area contributed by atoms with Gasteiger partial charge >= 0.3 is 5.97 Å². The van der Waals surface area contributed by atoms with Crippen molar-refractivity contribution in [1.29, 1.82) is 0 Å². The summed E-state index contributed by atoms with van der Waals surface area (Å²) in [4.78, 5) is 22.6. The molecule has 0 bridgehead atoms. The smallest absolute Gasteiger partial charge is 0.330 e. The van der Waals surface area contributed by atoms with Crippen LogP contribution in [0.15, 0.2) is 24.3 Å². The highest BCUT2D eigenvalue weighted by atomic mass is 35.5. The molecular weight excluding hydrogens is 218 g/mol. The minimum absolute atomic E-state index is 0.331. The molecule has 2 N–H and O–H groups in total. The van der Waals surface area contributed by atoms with Crippen LogP contribution in [0.4, 0.5) is 0 Å². The number of nitrogens with two attached hydrogens (primary N) is 1. The number of benzene rings is 1. The summed E-state index contributed by atoms with van der Waals surface area (Å²) in [5, 5.41) is 0.512. The highest BCUT2D eigenvalue weighted by molar-refractivity contribution is 6.30. The van der Waals surface area contributed by atoms with E-state index >= 15 is 0 Å². The molecule has 0 spiro atoms. The topological polar surface area (TPSA) is 69.4 Å². The van der Waals surface area contributed by atoms with E-state index in [-0.39, 0.29) is 0 Å². The first-order chi connectivity index (χ1) is 7.06. The first-order valence-corrected chi connectivity index (χ1v) is 4.57. The summed E-state index contributed by atoms with van der Waals surface area (Å²) in [7, 11) is 1.18. The molecule has 1 atom stereocenters. The van der Waals surface area contributed by atoms with Crippen molar-refractivity contribution in [2.45, 2.75) is 6.04 Å². The van der Waals surface area contributed by atoms with Gasteiger partial charge in [-0.15, -0.1) is 0 Å². The van der Waals surface area contributed by atoms with Gasteiger partial charge in [-0.3, -0.25) is 4.79 Å². The Kier molecular flexibility index (Phi) is 3.82. The van der Waals surface area contributed by atoms with Crippen LogP contribution in [-0.4, -0.2) is 24.9 Å². The minimum Gasteiger partial charge on any atom is -0.468 e. The summed E-state index contributed by atoms with van der Waals surface area (Å²) in [6, 6.07) is 4.84. The lowest BCUT2D eigenvalue weighted by Crippen LogP contribution is -2.39. The number of rotatable bonds is 3. The number of ether oxygens (including phenoxy) is 1. The number of hydrogen-bond donors (Lipinski definition) is 1. The van der Waals surface area contributed by atoms with E-state index < -0.39 is 17.8 Å². The highest BCUT2D eigenvalue weighted by Crippen LogP contribution is 2.11. The van der Waals surface area contributed by atoms with E-state index in [2.05, 4.69) is 4.74 Å². The standard InChI is InChI=1S/C10H10ClNO3/c1-15-10(14)8(12)9(13)6-2-4-7(11)5-3-6/h2-5,8H,12H2,1H3. The number of esters is 1. The van der Waals surface area contributed by atoms with E-state index in [1.807, 2.05) is 0 Å². The lowest BCUT2D eigenvalue weighted by atomic mass is 10.1. The van der Waals surface area contributed by atoms with Crippen molar-refractivity contribution in [1.82, 2.24) is 0 Å². The normalized spacial score (nSPS) is 11.9. The summed E-state index contributed by atoms with van der Waals surface area (Å²) in [5.41, 5.74) is 5.72. The molecule has 1 rings (SSSR count). The van der Waals surface area contributed by atoms with E-state index in [0.29, 0.717) is 10.6 Å². The second-order valence-electron chi connectivity index (χ2n) is 2.87. The fraction of sp³-hybridized carbons (Fsp3) is 0.200. The number of carbonyl (C=O) groups is 2. The number of hydrogen-bond acceptors (Lipinski definition) is 4. The largest absolute Gasteiger partial charge is 0.468 e. The van der Waals surface area contributed by atoms with Gasteiger partial charge in [-0.2, -0.15) is 0 Å². The van der Waals surface area contributed by atoms with Crippen LogP contribution in [0.5, 0.6) is 0 Å². The molecule has 0 aliphatic rings. The third-order valence-corrected chi connectivity index (χ3v) is 2.12. The molecule has 0 amide bonds. The zero-order valence-electron chi connectivity index (χ0n) is 8.07. The Morgan fingerprint density at radius 2 is 1.87 bits per heavy atom. The van der Waals surface area contributed by atoms with Crippen molar-refractivity contribution in [3.05, 3.63) is 34.9 Å². The molecule has 0 fully saturated rings. The second-order valence-corrected chi connectivity index (χ2v) is 3.31. The van der Waals surface area contributed by atoms with Crippen LogP contribution in [0, 0.1) is 0 Å². The molecule has 0 aromatic heterocycles. The summed E-state index contributed by atoms with van der Waals surface area (Å²) >= 11 is 5.65. The third-order valence-electron chi connectivity index (χ3n) is 1.87. The maximum absolute atomic E-state index is 11.6. The Morgan fingerprint density at radius 1 is 1.33 bits per heavy atom. The molecule has 1 aromatic rings. The molecule has 0 radical (unpaired) electrons. The highest BCUT2D eigenvalue weighted by Gasteiger charge is 2.23. The third kappa shape index (κ3) is 2.78. The van der Waals surface area contributed by atoms with Crippen LogP contribution in [0.1, 0.15) is 10.4 Å². The van der Waals surface area contributed by atoms with Crippen LogP contribution in [-0.2, 0) is 9.53 Å². The van der Waals surface area contributed by atoms with E-state index in [1.54, 1.807) is 12.1 Å². The molecule has 0 saturated carbocycles. The number of carbonyl (C=O) groups excluding carboxylic acids is 2. The van der Waals surface area contributed by atoms with Crippen LogP contribution in [0.3, 0.4) is 0 Å². The van der Waals surface area contributed by atoms with Crippen molar-refractivity contribution in [2.24, 2.45) is 5.73 Å². The summed E-state index contributed by atoms with van der Waals surface area (Å²) < 4.78 is 4.37. The Labute approximate surface area is 92.0 Å². The maximum atomic E-state index is 11.6. The van der Waals surface area contributed by atoms with Crippen LogP contribution < -0.4 is 5.73 Å². The average Bonchev–Trinajstić information content (AvgIpc) is 2.27. The van der Waals surface area contributed by atoms with Crippen molar-refractivity contribution in [2.75, 3.05) is 7.11 Å². The molecule has 15 heavy (non-hydrogen) atoms. The van der Waals surface area contributed by atoms with E-state index in [9.17, 15) is 9.59 Å². The monoisotopic (exact) mass is 227 g/mol. The molecule has 1 aromatic carbocycles. The summed E-state index contributed by atoms with van der Waals surface area (Å²) in [5.74, 6) is -1.24. The molecular formula is C10H10ClNO3. The molecule has 0 aliphatic heterocycles. The molecule has 0 saturated heterocycles. The molecule has 1 unspecified atom stereocenters. The van der Waals surface area contributed by atoms with Gasteiger partial charge < -0.3 is 10.5 Å². The predicted molar refractivity (Wildman–Crippen MR) is 55.8 cm³/mol. The number of halogens is 1. The van der Waals surface area contributed by atoms with E-state index in [1.165, 1.54) is 19.2 Å². The van der Waals surface area contributed by atoms with Crippen molar-refractivity contribution in [3.63, 3.8) is 0 Å². The lowest BCUT2D eigenvalue weighted by Gasteiger charge is -2.07. The quantitative estimate of drug-likeness (QED) is 0.476. The molecule has 5 heteroatoms. The van der Waals surface area contributed by atoms with Crippen molar-refractivity contribution >= 4 is 23.4 Å². The van der Waals surface area contributed by atoms with E-state index in [4.69, 9.17) is 17.3 Å². The minimum atomic E-state index is -1.28. The number of Topliss-reactive ketones (excluding diaryl/α,β-unsaturated/α-hetero) is 1. The van der Waals surface area contributed by atoms with Crippen LogP contribution in [0.25, 0.3) is 0 Å². The lowest BCUT2D eigenvalue weighted by molar-refractivity contribution is -0.140. The van der Waals surface area contributed by atoms with Crippen LogP contribution in [0.2, 0.25) is 5.02 Å². The van der Waals surface area contributed by atoms with Gasteiger partial charge in [0.15, 0.2) is 11.8 Å². The number of methoxy groups -OCH3 is 1. The SMILES string of the molecule is COC(=O)C(N)C(=O)c1ccc(Cl)cc1. The first-order valence-electron chi connectivity index (χ1n) is 4.19. The van der Waals surface area contributed by atoms with E-state index in [0.717, 1.165) is 0 Å². The Bertz CT molecular complexity index is 375. The van der Waals surface area contributed by atoms with Crippen molar-refractivity contribution < 1.29 is 14.3 Å². The van der Waals surface area contributed by atoms with Gasteiger partial charge in [0, 0.05) is 10.6 Å². The first kappa shape index (κ1) is 11.7. The maximum Gasteiger partial charge on any atom is 0.330 e. The van der Waals surface area contributed by atoms with Gasteiger partial charge in [0.1, 0.15) is 0 Å². The zero-order valence-corrected chi connectivity index (χ0v) is 8.82. The molecule has 80 valence electrons. The predicted octanol–water partition coefficient (Wildman–Crippen LogP) is 1.02. The molecule has 4 nitrogen and oxygen atoms in total.